The summed E-state index contributed by atoms with van der Waals surface area (Å²) in [5.41, 5.74) is 3.90. The third-order valence-corrected chi connectivity index (χ3v) is 5.26. The van der Waals surface area contributed by atoms with Crippen molar-refractivity contribution in [2.75, 3.05) is 0 Å². The number of aromatic amines is 1. The molecule has 0 amide bonds. The predicted octanol–water partition coefficient (Wildman–Crippen LogP) is 4.74. The molecule has 1 N–H and O–H groups in total. The third kappa shape index (κ3) is 2.91. The number of H-pyrrole nitrogens is 1. The van der Waals surface area contributed by atoms with Gasteiger partial charge in [0.05, 0.1) is 15.9 Å². The van der Waals surface area contributed by atoms with Gasteiger partial charge in [-0.25, -0.2) is 4.98 Å². The molecule has 0 aliphatic carbocycles. The van der Waals surface area contributed by atoms with Gasteiger partial charge in [0.15, 0.2) is 0 Å². The van der Waals surface area contributed by atoms with Crippen LogP contribution >= 0.6 is 11.3 Å². The molecule has 0 atom stereocenters. The fourth-order valence-electron chi connectivity index (χ4n) is 2.79. The average Bonchev–Trinajstić information content (AvgIpc) is 3.17. The van der Waals surface area contributed by atoms with Crippen molar-refractivity contribution in [2.45, 2.75) is 26.2 Å². The van der Waals surface area contributed by atoms with E-state index < -0.39 is 0 Å². The summed E-state index contributed by atoms with van der Waals surface area (Å²) >= 11 is 1.50. The van der Waals surface area contributed by atoms with E-state index in [-0.39, 0.29) is 11.0 Å². The summed E-state index contributed by atoms with van der Waals surface area (Å²) in [6, 6.07) is 17.8. The highest BCUT2D eigenvalue weighted by Crippen LogP contribution is 2.27. The summed E-state index contributed by atoms with van der Waals surface area (Å²) in [6.45, 7) is 6.55. The summed E-state index contributed by atoms with van der Waals surface area (Å²) in [5, 5.41) is 3.86. The third-order valence-electron chi connectivity index (χ3n) is 4.23. The molecule has 25 heavy (non-hydrogen) atoms. The Labute approximate surface area is 149 Å². The molecule has 2 heterocycles. The van der Waals surface area contributed by atoms with E-state index in [9.17, 15) is 4.79 Å². The van der Waals surface area contributed by atoms with Crippen molar-refractivity contribution >= 4 is 21.6 Å². The molecule has 0 unspecified atom stereocenters. The van der Waals surface area contributed by atoms with Crippen molar-refractivity contribution in [2.24, 2.45) is 0 Å². The minimum Gasteiger partial charge on any atom is -0.288 e. The van der Waals surface area contributed by atoms with Crippen molar-refractivity contribution < 1.29 is 0 Å². The molecule has 0 fully saturated rings. The Morgan fingerprint density at radius 3 is 2.60 bits per heavy atom. The molecule has 126 valence electrons. The highest BCUT2D eigenvalue weighted by molar-refractivity contribution is 7.20. The van der Waals surface area contributed by atoms with E-state index in [1.165, 1.54) is 21.6 Å². The smallest absolute Gasteiger partial charge is 0.273 e. The van der Waals surface area contributed by atoms with Crippen LogP contribution in [0.5, 0.6) is 0 Å². The first-order valence-electron chi connectivity index (χ1n) is 8.21. The van der Waals surface area contributed by atoms with Crippen LogP contribution in [0.2, 0.25) is 0 Å². The summed E-state index contributed by atoms with van der Waals surface area (Å²) in [7, 11) is 0. The fourth-order valence-corrected chi connectivity index (χ4v) is 3.73. The second-order valence-electron chi connectivity index (χ2n) is 7.14. The maximum absolute atomic E-state index is 12.5. The zero-order valence-corrected chi connectivity index (χ0v) is 15.2. The second-order valence-corrected chi connectivity index (χ2v) is 8.15. The van der Waals surface area contributed by atoms with E-state index in [0.717, 1.165) is 21.5 Å². The number of hydrogen-bond donors (Lipinski definition) is 1. The van der Waals surface area contributed by atoms with Crippen molar-refractivity contribution in [1.82, 2.24) is 14.8 Å². The largest absolute Gasteiger partial charge is 0.288 e. The fraction of sp³-hybridized carbons (Fsp3) is 0.200. The van der Waals surface area contributed by atoms with Gasteiger partial charge < -0.3 is 0 Å². The van der Waals surface area contributed by atoms with E-state index in [0.29, 0.717) is 5.13 Å². The maximum atomic E-state index is 12.5. The minimum atomic E-state index is -0.102. The van der Waals surface area contributed by atoms with Gasteiger partial charge in [-0.3, -0.25) is 9.89 Å². The summed E-state index contributed by atoms with van der Waals surface area (Å²) in [5.74, 6) is 0. The lowest BCUT2D eigenvalue weighted by Gasteiger charge is -2.19. The van der Waals surface area contributed by atoms with E-state index in [1.807, 2.05) is 36.4 Å². The molecule has 0 saturated heterocycles. The van der Waals surface area contributed by atoms with Crippen molar-refractivity contribution in [3.63, 3.8) is 0 Å². The van der Waals surface area contributed by atoms with Gasteiger partial charge in [-0.2, -0.15) is 4.68 Å². The van der Waals surface area contributed by atoms with Gasteiger partial charge in [0, 0.05) is 6.07 Å². The number of nitrogens with zero attached hydrogens (tertiary/aromatic N) is 2. The van der Waals surface area contributed by atoms with Crippen LogP contribution in [0.15, 0.2) is 59.4 Å². The normalized spacial score (nSPS) is 12.0. The Morgan fingerprint density at radius 1 is 1.04 bits per heavy atom. The van der Waals surface area contributed by atoms with Crippen LogP contribution in [-0.4, -0.2) is 14.8 Å². The first-order valence-corrected chi connectivity index (χ1v) is 9.02. The molecule has 4 nitrogen and oxygen atoms in total. The Bertz CT molecular complexity index is 1080. The van der Waals surface area contributed by atoms with Crippen LogP contribution in [0, 0.1) is 0 Å². The number of nitrogens with one attached hydrogen (secondary N) is 1. The Hall–Kier alpha value is -2.66. The number of benzene rings is 2. The van der Waals surface area contributed by atoms with E-state index in [1.54, 1.807) is 6.07 Å². The first-order chi connectivity index (χ1) is 11.9. The molecule has 0 aliphatic rings. The molecule has 0 saturated carbocycles. The highest BCUT2D eigenvalue weighted by Gasteiger charge is 2.16. The molecule has 0 radical (unpaired) electrons. The second kappa shape index (κ2) is 5.70. The van der Waals surface area contributed by atoms with E-state index in [2.05, 4.69) is 43.0 Å². The number of rotatable bonds is 2. The predicted molar refractivity (Wildman–Crippen MR) is 104 cm³/mol. The zero-order valence-electron chi connectivity index (χ0n) is 14.4. The lowest BCUT2D eigenvalue weighted by Crippen LogP contribution is -2.12. The van der Waals surface area contributed by atoms with Gasteiger partial charge in [0.25, 0.3) is 5.56 Å². The molecule has 0 spiro atoms. The number of hydrogen-bond acceptors (Lipinski definition) is 3. The number of thiazole rings is 1. The first kappa shape index (κ1) is 15.8. The molecule has 0 bridgehead atoms. The van der Waals surface area contributed by atoms with E-state index in [4.69, 9.17) is 0 Å². The molecule has 2 aromatic heterocycles. The lowest BCUT2D eigenvalue weighted by molar-refractivity contribution is 0.590. The summed E-state index contributed by atoms with van der Waals surface area (Å²) < 4.78 is 2.58. The van der Waals surface area contributed by atoms with Crippen molar-refractivity contribution in [3.8, 4) is 16.4 Å². The minimum absolute atomic E-state index is 0.0614. The Balaban J connectivity index is 1.79. The zero-order chi connectivity index (χ0) is 17.6. The molecular weight excluding hydrogens is 330 g/mol. The summed E-state index contributed by atoms with van der Waals surface area (Å²) in [4.78, 5) is 17.0. The molecule has 2 aromatic carbocycles. The standard InChI is InChI=1S/C20H19N3OS/c1-20(2,3)14-8-6-7-13(11-14)16-12-18(24)23(22-16)19-21-15-9-4-5-10-17(15)25-19/h4-12,22H,1-3H3. The molecule has 4 rings (SSSR count). The topological polar surface area (TPSA) is 50.7 Å². The Kier molecular flexibility index (Phi) is 3.62. The molecule has 4 aromatic rings. The van der Waals surface area contributed by atoms with Crippen molar-refractivity contribution in [3.05, 3.63) is 70.5 Å². The molecule has 0 aliphatic heterocycles. The quantitative estimate of drug-likeness (QED) is 0.568. The van der Waals surface area contributed by atoms with Crippen molar-refractivity contribution in [1.29, 1.82) is 0 Å². The van der Waals surface area contributed by atoms with Crippen LogP contribution in [0.25, 0.3) is 26.6 Å². The average molecular weight is 349 g/mol. The van der Waals surface area contributed by atoms with Crippen LogP contribution in [0.3, 0.4) is 0 Å². The van der Waals surface area contributed by atoms with Gasteiger partial charge >= 0.3 is 0 Å². The number of fused-ring (bicyclic) bond motifs is 1. The van der Waals surface area contributed by atoms with Gasteiger partial charge in [-0.15, -0.1) is 0 Å². The van der Waals surface area contributed by atoms with Crippen LogP contribution in [0.1, 0.15) is 26.3 Å². The van der Waals surface area contributed by atoms with Crippen LogP contribution in [-0.2, 0) is 5.41 Å². The summed E-state index contributed by atoms with van der Waals surface area (Å²) in [6.07, 6.45) is 0. The van der Waals surface area contributed by atoms with E-state index >= 15 is 0 Å². The van der Waals surface area contributed by atoms with Crippen LogP contribution < -0.4 is 5.56 Å². The monoisotopic (exact) mass is 349 g/mol. The molecule has 5 heteroatoms. The molecular formula is C20H19N3OS. The highest BCUT2D eigenvalue weighted by atomic mass is 32.1. The van der Waals surface area contributed by atoms with Gasteiger partial charge in [-0.05, 0) is 34.7 Å². The van der Waals surface area contributed by atoms with Crippen LogP contribution in [0.4, 0.5) is 0 Å². The lowest BCUT2D eigenvalue weighted by atomic mass is 9.86. The van der Waals surface area contributed by atoms with Gasteiger partial charge in [0.1, 0.15) is 0 Å². The number of aromatic nitrogens is 3. The number of para-hydroxylation sites is 1. The maximum Gasteiger partial charge on any atom is 0.273 e. The van der Waals surface area contributed by atoms with Gasteiger partial charge in [-0.1, -0.05) is 62.4 Å². The Morgan fingerprint density at radius 2 is 1.84 bits per heavy atom. The SMILES string of the molecule is CC(C)(C)c1cccc(-c2cc(=O)n(-c3nc4ccccc4s3)[nH]2)c1. The van der Waals surface area contributed by atoms with Gasteiger partial charge in [0.2, 0.25) is 5.13 Å².